The second-order valence-corrected chi connectivity index (χ2v) is 9.16. The van der Waals surface area contributed by atoms with Crippen LogP contribution in [-0.4, -0.2) is 11.1 Å². The zero-order valence-electron chi connectivity index (χ0n) is 15.2. The van der Waals surface area contributed by atoms with E-state index in [0.717, 1.165) is 11.8 Å². The van der Waals surface area contributed by atoms with Gasteiger partial charge in [-0.05, 0) is 74.0 Å². The van der Waals surface area contributed by atoms with Gasteiger partial charge in [-0.3, -0.25) is 4.79 Å². The lowest BCUT2D eigenvalue weighted by molar-refractivity contribution is -0.151. The first kappa shape index (κ1) is 17.3. The zero-order chi connectivity index (χ0) is 16.4. The standard InChI is InChI=1S/C21H36O2/c1-14-6-10-16(11-7-14)18-4-3-5-19(20(18)21(22)23)17-12-8-15(2)9-13-17/h14-20H,3-13H2,1-2H3,(H,22,23). The third kappa shape index (κ3) is 3.94. The van der Waals surface area contributed by atoms with E-state index in [2.05, 4.69) is 13.8 Å². The fourth-order valence-electron chi connectivity index (χ4n) is 6.12. The molecule has 0 heterocycles. The van der Waals surface area contributed by atoms with Crippen LogP contribution in [0.1, 0.15) is 84.5 Å². The Morgan fingerprint density at radius 2 is 1.09 bits per heavy atom. The zero-order valence-corrected chi connectivity index (χ0v) is 15.2. The van der Waals surface area contributed by atoms with E-state index in [4.69, 9.17) is 0 Å². The maximum Gasteiger partial charge on any atom is 0.307 e. The molecule has 3 saturated carbocycles. The molecule has 0 spiro atoms. The Kier molecular flexibility index (Phi) is 5.69. The molecule has 0 bridgehead atoms. The number of carbonyl (C=O) groups is 1. The monoisotopic (exact) mass is 320 g/mol. The highest BCUT2D eigenvalue weighted by molar-refractivity contribution is 5.71. The van der Waals surface area contributed by atoms with E-state index in [9.17, 15) is 9.90 Å². The van der Waals surface area contributed by atoms with Gasteiger partial charge in [-0.2, -0.15) is 0 Å². The summed E-state index contributed by atoms with van der Waals surface area (Å²) in [5.74, 6) is 3.52. The third-order valence-corrected chi connectivity index (χ3v) is 7.61. The molecule has 23 heavy (non-hydrogen) atoms. The van der Waals surface area contributed by atoms with Crippen molar-refractivity contribution >= 4 is 5.97 Å². The van der Waals surface area contributed by atoms with Gasteiger partial charge in [0.15, 0.2) is 0 Å². The Morgan fingerprint density at radius 1 is 0.696 bits per heavy atom. The normalized spacial score (nSPS) is 45.6. The van der Waals surface area contributed by atoms with Crippen molar-refractivity contribution < 1.29 is 9.90 Å². The molecule has 0 aliphatic heterocycles. The first-order valence-corrected chi connectivity index (χ1v) is 10.3. The van der Waals surface area contributed by atoms with Crippen LogP contribution in [0.4, 0.5) is 0 Å². The van der Waals surface area contributed by atoms with E-state index in [0.29, 0.717) is 23.7 Å². The highest BCUT2D eigenvalue weighted by Gasteiger charge is 2.45. The highest BCUT2D eigenvalue weighted by atomic mass is 16.4. The number of aliphatic carboxylic acids is 1. The van der Waals surface area contributed by atoms with Crippen molar-refractivity contribution in [3.05, 3.63) is 0 Å². The van der Waals surface area contributed by atoms with Crippen molar-refractivity contribution in [2.75, 3.05) is 0 Å². The summed E-state index contributed by atoms with van der Waals surface area (Å²) in [4.78, 5) is 12.2. The lowest BCUT2D eigenvalue weighted by Crippen LogP contribution is -2.42. The van der Waals surface area contributed by atoms with Crippen molar-refractivity contribution in [1.82, 2.24) is 0 Å². The molecule has 2 unspecified atom stereocenters. The number of hydrogen-bond donors (Lipinski definition) is 1. The topological polar surface area (TPSA) is 37.3 Å². The fourth-order valence-corrected chi connectivity index (χ4v) is 6.12. The van der Waals surface area contributed by atoms with Gasteiger partial charge in [0.1, 0.15) is 0 Å². The lowest BCUT2D eigenvalue weighted by atomic mass is 9.59. The van der Waals surface area contributed by atoms with Gasteiger partial charge >= 0.3 is 5.97 Å². The summed E-state index contributed by atoms with van der Waals surface area (Å²) >= 11 is 0. The SMILES string of the molecule is CC1CCC(C2CCCC(C3CCC(C)CC3)C2C(=O)O)CC1. The molecule has 132 valence electrons. The van der Waals surface area contributed by atoms with Crippen LogP contribution in [0, 0.1) is 41.4 Å². The fraction of sp³-hybridized carbons (Fsp3) is 0.952. The maximum absolute atomic E-state index is 12.2. The van der Waals surface area contributed by atoms with E-state index in [-0.39, 0.29) is 5.92 Å². The molecule has 2 nitrogen and oxygen atoms in total. The van der Waals surface area contributed by atoms with Gasteiger partial charge in [0, 0.05) is 0 Å². The first-order valence-electron chi connectivity index (χ1n) is 10.3. The Hall–Kier alpha value is -0.530. The number of rotatable bonds is 3. The maximum atomic E-state index is 12.2. The molecule has 0 saturated heterocycles. The lowest BCUT2D eigenvalue weighted by Gasteiger charge is -2.45. The predicted octanol–water partition coefficient (Wildman–Crippen LogP) is 5.76. The van der Waals surface area contributed by atoms with E-state index < -0.39 is 5.97 Å². The molecule has 0 amide bonds. The molecular formula is C21H36O2. The third-order valence-electron chi connectivity index (χ3n) is 7.61. The molecule has 3 aliphatic rings. The minimum absolute atomic E-state index is 0.0411. The Morgan fingerprint density at radius 3 is 1.43 bits per heavy atom. The Balaban J connectivity index is 1.71. The molecule has 3 fully saturated rings. The van der Waals surface area contributed by atoms with Gasteiger partial charge in [0.25, 0.3) is 0 Å². The van der Waals surface area contributed by atoms with Gasteiger partial charge in [-0.15, -0.1) is 0 Å². The van der Waals surface area contributed by atoms with Crippen molar-refractivity contribution in [3.8, 4) is 0 Å². The second-order valence-electron chi connectivity index (χ2n) is 9.16. The molecule has 3 aliphatic carbocycles. The average Bonchev–Trinajstić information content (AvgIpc) is 2.55. The van der Waals surface area contributed by atoms with E-state index in [1.165, 1.54) is 70.6 Å². The van der Waals surface area contributed by atoms with Gasteiger partial charge in [-0.1, -0.05) is 46.0 Å². The Labute approximate surface area is 142 Å². The number of carboxylic acid groups (broad SMARTS) is 1. The summed E-state index contributed by atoms with van der Waals surface area (Å²) < 4.78 is 0. The molecule has 1 N–H and O–H groups in total. The van der Waals surface area contributed by atoms with Gasteiger partial charge in [0.05, 0.1) is 5.92 Å². The summed E-state index contributed by atoms with van der Waals surface area (Å²) in [6.45, 7) is 4.72. The summed E-state index contributed by atoms with van der Waals surface area (Å²) in [5, 5.41) is 10.0. The van der Waals surface area contributed by atoms with Crippen LogP contribution >= 0.6 is 0 Å². The summed E-state index contributed by atoms with van der Waals surface area (Å²) in [6.07, 6.45) is 14.0. The van der Waals surface area contributed by atoms with Crippen molar-refractivity contribution in [3.63, 3.8) is 0 Å². The average molecular weight is 321 g/mol. The van der Waals surface area contributed by atoms with Crippen molar-refractivity contribution in [2.24, 2.45) is 41.4 Å². The van der Waals surface area contributed by atoms with E-state index >= 15 is 0 Å². The van der Waals surface area contributed by atoms with Crippen LogP contribution in [-0.2, 0) is 4.79 Å². The summed E-state index contributed by atoms with van der Waals surface area (Å²) in [5.41, 5.74) is 0. The minimum Gasteiger partial charge on any atom is -0.481 e. The van der Waals surface area contributed by atoms with Crippen LogP contribution in [0.2, 0.25) is 0 Å². The van der Waals surface area contributed by atoms with Gasteiger partial charge < -0.3 is 5.11 Å². The first-order chi connectivity index (χ1) is 11.1. The highest BCUT2D eigenvalue weighted by Crippen LogP contribution is 2.49. The van der Waals surface area contributed by atoms with Crippen LogP contribution < -0.4 is 0 Å². The molecular weight excluding hydrogens is 284 g/mol. The predicted molar refractivity (Wildman–Crippen MR) is 94.2 cm³/mol. The minimum atomic E-state index is -0.475. The number of hydrogen-bond acceptors (Lipinski definition) is 1. The molecule has 0 aromatic rings. The van der Waals surface area contributed by atoms with Crippen LogP contribution in [0.15, 0.2) is 0 Å². The van der Waals surface area contributed by atoms with Crippen LogP contribution in [0.25, 0.3) is 0 Å². The molecule has 0 radical (unpaired) electrons. The van der Waals surface area contributed by atoms with Crippen molar-refractivity contribution in [1.29, 1.82) is 0 Å². The summed E-state index contributed by atoms with van der Waals surface area (Å²) in [6, 6.07) is 0. The smallest absolute Gasteiger partial charge is 0.307 e. The van der Waals surface area contributed by atoms with Gasteiger partial charge in [0.2, 0.25) is 0 Å². The number of carboxylic acids is 1. The Bertz CT molecular complexity index is 359. The molecule has 3 rings (SSSR count). The quantitative estimate of drug-likeness (QED) is 0.718. The molecule has 2 heteroatoms. The molecule has 0 aromatic heterocycles. The second kappa shape index (κ2) is 7.57. The van der Waals surface area contributed by atoms with Gasteiger partial charge in [-0.25, -0.2) is 0 Å². The molecule has 2 atom stereocenters. The summed E-state index contributed by atoms with van der Waals surface area (Å²) in [7, 11) is 0. The largest absolute Gasteiger partial charge is 0.481 e. The van der Waals surface area contributed by atoms with Crippen LogP contribution in [0.5, 0.6) is 0 Å². The van der Waals surface area contributed by atoms with E-state index in [1.807, 2.05) is 0 Å². The van der Waals surface area contributed by atoms with E-state index in [1.54, 1.807) is 0 Å². The van der Waals surface area contributed by atoms with Crippen LogP contribution in [0.3, 0.4) is 0 Å². The molecule has 0 aromatic carbocycles. The van der Waals surface area contributed by atoms with Crippen molar-refractivity contribution in [2.45, 2.75) is 84.5 Å².